The Morgan fingerprint density at radius 2 is 2.17 bits per heavy atom. The molecule has 18 heavy (non-hydrogen) atoms. The van der Waals surface area contributed by atoms with Crippen molar-refractivity contribution < 1.29 is 0 Å². The molecule has 1 unspecified atom stereocenters. The number of nitrogen functional groups attached to an aromatic ring is 1. The van der Waals surface area contributed by atoms with E-state index in [2.05, 4.69) is 30.1 Å². The molecule has 3 rings (SSSR count). The van der Waals surface area contributed by atoms with Gasteiger partial charge in [-0.2, -0.15) is 0 Å². The predicted molar refractivity (Wildman–Crippen MR) is 74.6 cm³/mol. The Morgan fingerprint density at radius 3 is 3.00 bits per heavy atom. The number of fused-ring (bicyclic) bond motifs is 1. The molecule has 1 aliphatic carbocycles. The molecule has 92 valence electrons. The second-order valence-corrected chi connectivity index (χ2v) is 5.11. The molecule has 0 saturated heterocycles. The van der Waals surface area contributed by atoms with Crippen LogP contribution in [0.3, 0.4) is 0 Å². The van der Waals surface area contributed by atoms with Gasteiger partial charge in [0, 0.05) is 17.8 Å². The van der Waals surface area contributed by atoms with Gasteiger partial charge in [-0.05, 0) is 61.1 Å². The molecule has 0 fully saturated rings. The summed E-state index contributed by atoms with van der Waals surface area (Å²) in [6.07, 6.45) is 5.50. The lowest BCUT2D eigenvalue weighted by Crippen LogP contribution is -2.14. The van der Waals surface area contributed by atoms with Gasteiger partial charge in [0.2, 0.25) is 0 Å². The molecular formula is C16H18N2. The lowest BCUT2D eigenvalue weighted by Gasteiger charge is -2.26. The summed E-state index contributed by atoms with van der Waals surface area (Å²) in [5.74, 6) is 0.440. The molecule has 1 atom stereocenters. The molecule has 1 aromatic heterocycles. The maximum Gasteiger partial charge on any atom is 0.0510 e. The Hall–Kier alpha value is -1.83. The summed E-state index contributed by atoms with van der Waals surface area (Å²) < 4.78 is 0. The topological polar surface area (TPSA) is 38.9 Å². The number of anilines is 1. The van der Waals surface area contributed by atoms with E-state index < -0.39 is 0 Å². The molecule has 0 radical (unpaired) electrons. The molecule has 1 heterocycles. The van der Waals surface area contributed by atoms with Crippen LogP contribution in [0.1, 0.15) is 41.1 Å². The quantitative estimate of drug-likeness (QED) is 0.773. The van der Waals surface area contributed by atoms with Gasteiger partial charge in [-0.1, -0.05) is 12.1 Å². The summed E-state index contributed by atoms with van der Waals surface area (Å²) in [6.45, 7) is 2.14. The van der Waals surface area contributed by atoms with Crippen molar-refractivity contribution in [1.29, 1.82) is 0 Å². The number of rotatable bonds is 1. The second-order valence-electron chi connectivity index (χ2n) is 5.11. The highest BCUT2D eigenvalue weighted by molar-refractivity contribution is 5.48. The first-order chi connectivity index (χ1) is 8.75. The van der Waals surface area contributed by atoms with Gasteiger partial charge in [0.1, 0.15) is 0 Å². The van der Waals surface area contributed by atoms with Crippen LogP contribution in [0.5, 0.6) is 0 Å². The van der Waals surface area contributed by atoms with Crippen molar-refractivity contribution >= 4 is 5.69 Å². The fourth-order valence-corrected chi connectivity index (χ4v) is 3.00. The van der Waals surface area contributed by atoms with E-state index in [0.717, 1.165) is 12.1 Å². The molecule has 0 amide bonds. The van der Waals surface area contributed by atoms with Crippen LogP contribution in [-0.2, 0) is 6.42 Å². The van der Waals surface area contributed by atoms with Crippen LogP contribution in [0.4, 0.5) is 5.69 Å². The fraction of sp³-hybridized carbons (Fsp3) is 0.312. The molecule has 1 aliphatic rings. The molecule has 0 spiro atoms. The fourth-order valence-electron chi connectivity index (χ4n) is 3.00. The minimum atomic E-state index is 0.440. The largest absolute Gasteiger partial charge is 0.399 e. The van der Waals surface area contributed by atoms with Crippen LogP contribution in [0.2, 0.25) is 0 Å². The van der Waals surface area contributed by atoms with Gasteiger partial charge < -0.3 is 5.73 Å². The van der Waals surface area contributed by atoms with E-state index in [9.17, 15) is 0 Å². The number of aryl methyl sites for hydroxylation is 2. The number of hydrogen-bond acceptors (Lipinski definition) is 2. The highest BCUT2D eigenvalue weighted by Crippen LogP contribution is 2.36. The van der Waals surface area contributed by atoms with Crippen LogP contribution < -0.4 is 5.73 Å². The maximum absolute atomic E-state index is 5.84. The van der Waals surface area contributed by atoms with Gasteiger partial charge in [-0.15, -0.1) is 0 Å². The smallest absolute Gasteiger partial charge is 0.0510 e. The Morgan fingerprint density at radius 1 is 1.28 bits per heavy atom. The third-order valence-electron chi connectivity index (χ3n) is 3.86. The zero-order valence-electron chi connectivity index (χ0n) is 10.7. The second kappa shape index (κ2) is 4.45. The SMILES string of the molecule is Cc1cc(N)ccc1C1CCCc2cccnc21. The van der Waals surface area contributed by atoms with Crippen molar-refractivity contribution in [1.82, 2.24) is 4.98 Å². The molecule has 1 aromatic carbocycles. The number of aromatic nitrogens is 1. The Bertz CT molecular complexity index is 575. The number of pyridine rings is 1. The van der Waals surface area contributed by atoms with E-state index in [4.69, 9.17) is 5.73 Å². The molecule has 2 nitrogen and oxygen atoms in total. The van der Waals surface area contributed by atoms with E-state index in [-0.39, 0.29) is 0 Å². The Kier molecular flexibility index (Phi) is 2.78. The van der Waals surface area contributed by atoms with Crippen molar-refractivity contribution in [2.75, 3.05) is 5.73 Å². The normalized spacial score (nSPS) is 18.4. The van der Waals surface area contributed by atoms with Crippen LogP contribution in [0, 0.1) is 6.92 Å². The summed E-state index contributed by atoms with van der Waals surface area (Å²) in [5.41, 5.74) is 12.0. The Labute approximate surface area is 108 Å². The first kappa shape index (κ1) is 11.3. The highest BCUT2D eigenvalue weighted by atomic mass is 14.7. The Balaban J connectivity index is 2.08. The van der Waals surface area contributed by atoms with E-state index in [1.807, 2.05) is 18.3 Å². The predicted octanol–water partition coefficient (Wildman–Crippen LogP) is 3.44. The van der Waals surface area contributed by atoms with Gasteiger partial charge in [-0.3, -0.25) is 4.98 Å². The van der Waals surface area contributed by atoms with Gasteiger partial charge in [0.05, 0.1) is 5.69 Å². The van der Waals surface area contributed by atoms with Gasteiger partial charge in [0.25, 0.3) is 0 Å². The summed E-state index contributed by atoms with van der Waals surface area (Å²) in [7, 11) is 0. The van der Waals surface area contributed by atoms with E-state index in [1.165, 1.54) is 35.2 Å². The first-order valence-corrected chi connectivity index (χ1v) is 6.55. The van der Waals surface area contributed by atoms with Crippen LogP contribution in [0.25, 0.3) is 0 Å². The number of nitrogens with two attached hydrogens (primary N) is 1. The van der Waals surface area contributed by atoms with Crippen LogP contribution in [-0.4, -0.2) is 4.98 Å². The summed E-state index contributed by atoms with van der Waals surface area (Å²) >= 11 is 0. The van der Waals surface area contributed by atoms with Crippen molar-refractivity contribution in [2.24, 2.45) is 0 Å². The molecular weight excluding hydrogens is 220 g/mol. The number of hydrogen-bond donors (Lipinski definition) is 1. The summed E-state index contributed by atoms with van der Waals surface area (Å²) in [4.78, 5) is 4.61. The van der Waals surface area contributed by atoms with E-state index in [1.54, 1.807) is 0 Å². The number of benzene rings is 1. The monoisotopic (exact) mass is 238 g/mol. The van der Waals surface area contributed by atoms with Gasteiger partial charge in [0.15, 0.2) is 0 Å². The van der Waals surface area contributed by atoms with Crippen molar-refractivity contribution in [3.8, 4) is 0 Å². The van der Waals surface area contributed by atoms with Crippen LogP contribution >= 0.6 is 0 Å². The maximum atomic E-state index is 5.84. The highest BCUT2D eigenvalue weighted by Gasteiger charge is 2.23. The summed E-state index contributed by atoms with van der Waals surface area (Å²) in [5, 5.41) is 0. The molecule has 2 N–H and O–H groups in total. The number of nitrogens with zero attached hydrogens (tertiary/aromatic N) is 1. The van der Waals surface area contributed by atoms with Crippen molar-refractivity contribution in [3.05, 3.63) is 58.9 Å². The van der Waals surface area contributed by atoms with Gasteiger partial charge >= 0.3 is 0 Å². The van der Waals surface area contributed by atoms with E-state index >= 15 is 0 Å². The van der Waals surface area contributed by atoms with Gasteiger partial charge in [-0.25, -0.2) is 0 Å². The molecule has 2 heteroatoms. The molecule has 0 aliphatic heterocycles. The van der Waals surface area contributed by atoms with Crippen LogP contribution in [0.15, 0.2) is 36.5 Å². The lowest BCUT2D eigenvalue weighted by atomic mass is 9.80. The first-order valence-electron chi connectivity index (χ1n) is 6.55. The third kappa shape index (κ3) is 1.88. The van der Waals surface area contributed by atoms with E-state index in [0.29, 0.717) is 5.92 Å². The molecule has 0 saturated carbocycles. The average molecular weight is 238 g/mol. The minimum absolute atomic E-state index is 0.440. The molecule has 2 aromatic rings. The zero-order valence-corrected chi connectivity index (χ0v) is 10.7. The zero-order chi connectivity index (χ0) is 12.5. The standard InChI is InChI=1S/C16H18N2/c1-11-10-13(17)7-8-14(11)15-6-2-4-12-5-3-9-18-16(12)15/h3,5,7-10,15H,2,4,6,17H2,1H3. The average Bonchev–Trinajstić information content (AvgIpc) is 2.38. The molecule has 0 bridgehead atoms. The lowest BCUT2D eigenvalue weighted by molar-refractivity contribution is 0.596. The summed E-state index contributed by atoms with van der Waals surface area (Å²) in [6, 6.07) is 10.5. The minimum Gasteiger partial charge on any atom is -0.399 e. The third-order valence-corrected chi connectivity index (χ3v) is 3.86. The van der Waals surface area contributed by atoms with Crippen molar-refractivity contribution in [2.45, 2.75) is 32.1 Å². The van der Waals surface area contributed by atoms with Crippen molar-refractivity contribution in [3.63, 3.8) is 0 Å².